The average Bonchev–Trinajstić information content (AvgIpc) is 3.17. The molecule has 0 aliphatic carbocycles. The van der Waals surface area contributed by atoms with E-state index in [-0.39, 0.29) is 50.8 Å². The Morgan fingerprint density at radius 1 is 0.660 bits per heavy atom. The molecular weight excluding hydrogens is 688 g/mol. The number of nitriles is 2. The first-order valence-corrected chi connectivity index (χ1v) is 16.7. The molecule has 0 atom stereocenters. The van der Waals surface area contributed by atoms with Crippen molar-refractivity contribution in [3.63, 3.8) is 0 Å². The van der Waals surface area contributed by atoms with Gasteiger partial charge in [-0.15, -0.1) is 0 Å². The maximum absolute atomic E-state index is 12.9. The van der Waals surface area contributed by atoms with Crippen LogP contribution in [0.1, 0.15) is 38.8 Å². The maximum atomic E-state index is 12.9. The Bertz CT molecular complexity index is 1640. The van der Waals surface area contributed by atoms with Crippen LogP contribution in [0.3, 0.4) is 0 Å². The van der Waals surface area contributed by atoms with Crippen LogP contribution in [-0.4, -0.2) is 92.6 Å². The van der Waals surface area contributed by atoms with Crippen LogP contribution >= 0.6 is 0 Å². The zero-order valence-electron chi connectivity index (χ0n) is 31.3. The fourth-order valence-electron chi connectivity index (χ4n) is 5.55. The average molecular weight is 735 g/mol. The van der Waals surface area contributed by atoms with Crippen molar-refractivity contribution in [3.8, 4) is 35.1 Å². The zero-order chi connectivity index (χ0) is 38.8. The Labute approximate surface area is 309 Å². The quantitative estimate of drug-likeness (QED) is 0.142. The lowest BCUT2D eigenvalue weighted by Crippen LogP contribution is -2.57. The van der Waals surface area contributed by atoms with Crippen LogP contribution < -0.4 is 18.9 Å². The van der Waals surface area contributed by atoms with E-state index < -0.39 is 40.8 Å². The largest absolute Gasteiger partial charge is 0.493 e. The smallest absolute Gasteiger partial charge is 0.348 e. The van der Waals surface area contributed by atoms with Gasteiger partial charge in [-0.1, -0.05) is 39.8 Å². The highest BCUT2D eigenvalue weighted by Gasteiger charge is 2.48. The molecule has 0 N–H and O–H groups in total. The van der Waals surface area contributed by atoms with Crippen molar-refractivity contribution in [2.24, 2.45) is 16.2 Å². The summed E-state index contributed by atoms with van der Waals surface area (Å²) in [5, 5.41) is 19.3. The standard InChI is InChI=1S/C39H46N2O12/c1-37(2,19-48-33(42)27(17-40)13-25-9-11-29(44-5)31(15-25)46-7)35-50-21-39(22-51-35)23-52-36(53-24-39)38(3,4)20-49-34(43)28(18-41)14-26-10-12-30(45-6)32(16-26)47-8/h9-16,35-36H,19-24H2,1-8H3/b27-13-,28-14-. The second-order valence-corrected chi connectivity index (χ2v) is 14.1. The lowest BCUT2D eigenvalue weighted by atomic mass is 9.86. The van der Waals surface area contributed by atoms with Crippen molar-refractivity contribution in [2.75, 3.05) is 68.1 Å². The van der Waals surface area contributed by atoms with Crippen molar-refractivity contribution in [2.45, 2.75) is 40.3 Å². The van der Waals surface area contributed by atoms with Crippen LogP contribution in [0.15, 0.2) is 47.5 Å². The number of benzene rings is 2. The predicted octanol–water partition coefficient (Wildman–Crippen LogP) is 5.11. The minimum atomic E-state index is -0.783. The van der Waals surface area contributed by atoms with Gasteiger partial charge in [0.15, 0.2) is 35.6 Å². The molecule has 284 valence electrons. The van der Waals surface area contributed by atoms with E-state index in [2.05, 4.69) is 0 Å². The fraction of sp³-hybridized carbons (Fsp3) is 0.487. The summed E-state index contributed by atoms with van der Waals surface area (Å²) in [4.78, 5) is 25.7. The highest BCUT2D eigenvalue weighted by atomic mass is 16.7. The number of carbonyl (C=O) groups excluding carboxylic acids is 2. The molecule has 14 heteroatoms. The Balaban J connectivity index is 1.26. The normalized spacial score (nSPS) is 20.8. The minimum Gasteiger partial charge on any atom is -0.493 e. The number of hydrogen-bond donors (Lipinski definition) is 0. The van der Waals surface area contributed by atoms with Gasteiger partial charge in [0.1, 0.15) is 36.5 Å². The lowest BCUT2D eigenvalue weighted by molar-refractivity contribution is -0.337. The molecule has 53 heavy (non-hydrogen) atoms. The Hall–Kier alpha value is -5.12. The molecule has 2 aromatic carbocycles. The van der Waals surface area contributed by atoms with Gasteiger partial charge in [-0.25, -0.2) is 9.59 Å². The van der Waals surface area contributed by atoms with E-state index in [1.807, 2.05) is 39.8 Å². The monoisotopic (exact) mass is 734 g/mol. The first-order chi connectivity index (χ1) is 25.2. The van der Waals surface area contributed by atoms with E-state index in [1.165, 1.54) is 40.6 Å². The molecule has 0 aromatic heterocycles. The molecule has 0 unspecified atom stereocenters. The second-order valence-electron chi connectivity index (χ2n) is 14.1. The van der Waals surface area contributed by atoms with E-state index in [0.29, 0.717) is 34.1 Å². The third kappa shape index (κ3) is 10.1. The van der Waals surface area contributed by atoms with Crippen molar-refractivity contribution < 1.29 is 57.0 Å². The summed E-state index contributed by atoms with van der Waals surface area (Å²) in [6.45, 7) is 8.21. The fourth-order valence-corrected chi connectivity index (χ4v) is 5.55. The Morgan fingerprint density at radius 2 is 1.00 bits per heavy atom. The van der Waals surface area contributed by atoms with E-state index in [1.54, 1.807) is 36.4 Å². The van der Waals surface area contributed by atoms with Crippen LogP contribution in [0, 0.1) is 38.9 Å². The van der Waals surface area contributed by atoms with E-state index in [0.717, 1.165) is 0 Å². The van der Waals surface area contributed by atoms with Crippen molar-refractivity contribution in [3.05, 3.63) is 58.7 Å². The molecule has 2 saturated heterocycles. The first-order valence-electron chi connectivity index (χ1n) is 16.7. The molecule has 0 saturated carbocycles. The van der Waals surface area contributed by atoms with Gasteiger partial charge in [0.25, 0.3) is 0 Å². The number of hydrogen-bond acceptors (Lipinski definition) is 14. The summed E-state index contributed by atoms with van der Waals surface area (Å²) >= 11 is 0. The molecule has 2 aliphatic rings. The van der Waals surface area contributed by atoms with Crippen molar-refractivity contribution in [1.82, 2.24) is 0 Å². The summed E-state index contributed by atoms with van der Waals surface area (Å²) < 4.78 is 56.6. The summed E-state index contributed by atoms with van der Waals surface area (Å²) in [5.41, 5.74) is -1.34. The summed E-state index contributed by atoms with van der Waals surface area (Å²) in [6, 6.07) is 13.8. The van der Waals surface area contributed by atoms with Crippen molar-refractivity contribution in [1.29, 1.82) is 10.5 Å². The van der Waals surface area contributed by atoms with Crippen LogP contribution in [0.5, 0.6) is 23.0 Å². The molecular formula is C39H46N2O12. The van der Waals surface area contributed by atoms with Gasteiger partial charge in [-0.3, -0.25) is 0 Å². The molecule has 2 aliphatic heterocycles. The molecule has 1 spiro atoms. The second kappa shape index (κ2) is 17.6. The SMILES string of the molecule is COc1ccc(/C=C(/C#N)C(=O)OCC(C)(C)C2OCC3(CO2)COC(C(C)(C)COC(=O)/C(C#N)=C\c2ccc(OC)c(OC)c2)OC3)cc1OC. The zero-order valence-corrected chi connectivity index (χ0v) is 31.3. The topological polar surface area (TPSA) is 174 Å². The number of ether oxygens (including phenoxy) is 10. The predicted molar refractivity (Wildman–Crippen MR) is 190 cm³/mol. The molecule has 0 bridgehead atoms. The van der Waals surface area contributed by atoms with Crippen LogP contribution in [0.2, 0.25) is 0 Å². The van der Waals surface area contributed by atoms with Gasteiger partial charge in [0.2, 0.25) is 0 Å². The summed E-state index contributed by atoms with van der Waals surface area (Å²) in [7, 11) is 6.02. The van der Waals surface area contributed by atoms with Gasteiger partial charge in [0, 0.05) is 10.8 Å². The molecule has 4 rings (SSSR count). The molecule has 0 amide bonds. The maximum Gasteiger partial charge on any atom is 0.348 e. The van der Waals surface area contributed by atoms with Crippen LogP contribution in [-0.2, 0) is 38.0 Å². The molecule has 2 heterocycles. The van der Waals surface area contributed by atoms with Gasteiger partial charge < -0.3 is 47.4 Å². The number of methoxy groups -OCH3 is 4. The Morgan fingerprint density at radius 3 is 1.30 bits per heavy atom. The number of esters is 2. The van der Waals surface area contributed by atoms with Crippen molar-refractivity contribution >= 4 is 24.1 Å². The molecule has 2 fully saturated rings. The van der Waals surface area contributed by atoms with Gasteiger partial charge in [0.05, 0.1) is 60.3 Å². The van der Waals surface area contributed by atoms with Gasteiger partial charge in [-0.2, -0.15) is 10.5 Å². The van der Waals surface area contributed by atoms with E-state index in [4.69, 9.17) is 47.4 Å². The molecule has 2 aromatic rings. The summed E-state index contributed by atoms with van der Waals surface area (Å²) in [5.74, 6) is 0.381. The number of nitrogens with zero attached hydrogens (tertiary/aromatic N) is 2. The van der Waals surface area contributed by atoms with Crippen LogP contribution in [0.25, 0.3) is 12.2 Å². The highest BCUT2D eigenvalue weighted by Crippen LogP contribution is 2.39. The minimum absolute atomic E-state index is 0.0760. The van der Waals surface area contributed by atoms with Gasteiger partial charge in [-0.05, 0) is 47.5 Å². The third-order valence-corrected chi connectivity index (χ3v) is 8.71. The Kier molecular flexibility index (Phi) is 13.5. The van der Waals surface area contributed by atoms with Gasteiger partial charge >= 0.3 is 11.9 Å². The lowest BCUT2D eigenvalue weighted by Gasteiger charge is -2.48. The summed E-state index contributed by atoms with van der Waals surface area (Å²) in [6.07, 6.45) is 1.41. The van der Waals surface area contributed by atoms with Crippen LogP contribution in [0.4, 0.5) is 0 Å². The number of carbonyl (C=O) groups is 2. The van der Waals surface area contributed by atoms with E-state index >= 15 is 0 Å². The molecule has 14 nitrogen and oxygen atoms in total. The molecule has 0 radical (unpaired) electrons. The van der Waals surface area contributed by atoms with E-state index in [9.17, 15) is 20.1 Å². The first kappa shape index (κ1) is 40.6. The highest BCUT2D eigenvalue weighted by molar-refractivity contribution is 5.98. The third-order valence-electron chi connectivity index (χ3n) is 8.71. The number of rotatable bonds is 14.